The Labute approximate surface area is 119 Å². The Morgan fingerprint density at radius 3 is 2.44 bits per heavy atom. The highest BCUT2D eigenvalue weighted by molar-refractivity contribution is 9.10. The molecule has 0 bridgehead atoms. The van der Waals surface area contributed by atoms with Crippen molar-refractivity contribution in [3.8, 4) is 0 Å². The predicted octanol–water partition coefficient (Wildman–Crippen LogP) is 4.44. The summed E-state index contributed by atoms with van der Waals surface area (Å²) < 4.78 is 36.1. The fraction of sp³-hybridized carbons (Fsp3) is 0.222. The lowest BCUT2D eigenvalue weighted by molar-refractivity contribution is -0.122. The Bertz CT molecular complexity index is 468. The van der Waals surface area contributed by atoms with Crippen molar-refractivity contribution in [1.82, 2.24) is 5.32 Å². The topological polar surface area (TPSA) is 41.1 Å². The van der Waals surface area contributed by atoms with Gasteiger partial charge < -0.3 is 10.6 Å². The molecule has 0 heterocycles. The summed E-state index contributed by atoms with van der Waals surface area (Å²) >= 11 is 14.7. The number of hydrogen-bond acceptors (Lipinski definition) is 1. The number of hydrogen-bond donors (Lipinski definition) is 2. The highest BCUT2D eigenvalue weighted by Gasteiger charge is 2.27. The number of alkyl halides is 3. The van der Waals surface area contributed by atoms with Gasteiger partial charge >= 0.3 is 12.2 Å². The summed E-state index contributed by atoms with van der Waals surface area (Å²) in [6.45, 7) is -1.43. The molecule has 1 aromatic carbocycles. The van der Waals surface area contributed by atoms with Crippen LogP contribution in [0.1, 0.15) is 0 Å². The van der Waals surface area contributed by atoms with Crippen molar-refractivity contribution in [1.29, 1.82) is 0 Å². The highest BCUT2D eigenvalue weighted by atomic mass is 79.9. The molecular formula is C9H6BrCl2F3N2O. The molecule has 0 saturated carbocycles. The van der Waals surface area contributed by atoms with Gasteiger partial charge in [-0.3, -0.25) is 0 Å². The molecule has 100 valence electrons. The van der Waals surface area contributed by atoms with Crippen molar-refractivity contribution in [3.05, 3.63) is 26.7 Å². The molecule has 2 amide bonds. The SMILES string of the molecule is O=C(NCC(F)(F)F)Nc1ccc(Br)c(Cl)c1Cl. The van der Waals surface area contributed by atoms with E-state index in [-0.39, 0.29) is 15.7 Å². The molecule has 18 heavy (non-hydrogen) atoms. The second-order valence-electron chi connectivity index (χ2n) is 3.15. The van der Waals surface area contributed by atoms with E-state index in [1.54, 1.807) is 5.32 Å². The first-order valence-electron chi connectivity index (χ1n) is 4.46. The minimum absolute atomic E-state index is 0.0354. The van der Waals surface area contributed by atoms with Gasteiger partial charge in [0.15, 0.2) is 0 Å². The van der Waals surface area contributed by atoms with Crippen molar-refractivity contribution in [2.45, 2.75) is 6.18 Å². The lowest BCUT2D eigenvalue weighted by Crippen LogP contribution is -2.36. The molecule has 0 radical (unpaired) electrons. The molecule has 0 fully saturated rings. The number of halogens is 6. The number of rotatable bonds is 2. The molecule has 2 N–H and O–H groups in total. The maximum atomic E-state index is 11.9. The van der Waals surface area contributed by atoms with E-state index < -0.39 is 18.8 Å². The van der Waals surface area contributed by atoms with Crippen molar-refractivity contribution in [3.63, 3.8) is 0 Å². The second-order valence-corrected chi connectivity index (χ2v) is 4.76. The quantitative estimate of drug-likeness (QED) is 0.747. The summed E-state index contributed by atoms with van der Waals surface area (Å²) in [6, 6.07) is 1.89. The van der Waals surface area contributed by atoms with Crippen molar-refractivity contribution in [2.75, 3.05) is 11.9 Å². The van der Waals surface area contributed by atoms with Crippen LogP contribution in [0.5, 0.6) is 0 Å². The Kier molecular flexibility index (Phi) is 5.12. The standard InChI is InChI=1S/C9H6BrCl2F3N2O/c10-4-1-2-5(7(12)6(4)11)17-8(18)16-3-9(13,14)15/h1-2H,3H2,(H2,16,17,18). The molecule has 0 aliphatic carbocycles. The molecule has 0 aliphatic heterocycles. The molecule has 0 saturated heterocycles. The van der Waals surface area contributed by atoms with Gasteiger partial charge in [-0.05, 0) is 28.1 Å². The summed E-state index contributed by atoms with van der Waals surface area (Å²) in [5.74, 6) is 0. The molecule has 0 aliphatic rings. The van der Waals surface area contributed by atoms with Crippen LogP contribution in [0.15, 0.2) is 16.6 Å². The van der Waals surface area contributed by atoms with E-state index in [9.17, 15) is 18.0 Å². The molecule has 9 heteroatoms. The van der Waals surface area contributed by atoms with Gasteiger partial charge in [0.05, 0.1) is 15.7 Å². The van der Waals surface area contributed by atoms with Gasteiger partial charge in [0.1, 0.15) is 6.54 Å². The van der Waals surface area contributed by atoms with E-state index in [0.717, 1.165) is 0 Å². The molecule has 0 spiro atoms. The van der Waals surface area contributed by atoms with Crippen LogP contribution >= 0.6 is 39.1 Å². The summed E-state index contributed by atoms with van der Waals surface area (Å²) in [5.41, 5.74) is 0.115. The van der Waals surface area contributed by atoms with Crippen LogP contribution in [0, 0.1) is 0 Å². The van der Waals surface area contributed by atoms with E-state index in [0.29, 0.717) is 4.47 Å². The Balaban J connectivity index is 2.68. The Hall–Kier alpha value is -0.660. The third kappa shape index (κ3) is 4.55. The normalized spacial score (nSPS) is 11.2. The molecule has 3 nitrogen and oxygen atoms in total. The lowest BCUT2D eigenvalue weighted by atomic mass is 10.3. The van der Waals surface area contributed by atoms with Gasteiger partial charge in [0.25, 0.3) is 0 Å². The molecule has 0 atom stereocenters. The zero-order chi connectivity index (χ0) is 13.9. The Morgan fingerprint density at radius 1 is 1.28 bits per heavy atom. The van der Waals surface area contributed by atoms with Crippen LogP contribution in [-0.2, 0) is 0 Å². The minimum atomic E-state index is -4.47. The van der Waals surface area contributed by atoms with Crippen LogP contribution in [0.2, 0.25) is 10.0 Å². The summed E-state index contributed by atoms with van der Waals surface area (Å²) in [4.78, 5) is 11.2. The first-order valence-corrected chi connectivity index (χ1v) is 6.00. The van der Waals surface area contributed by atoms with Gasteiger partial charge in [-0.1, -0.05) is 23.2 Å². The van der Waals surface area contributed by atoms with Gasteiger partial charge in [0.2, 0.25) is 0 Å². The maximum absolute atomic E-state index is 11.9. The lowest BCUT2D eigenvalue weighted by Gasteiger charge is -2.11. The Morgan fingerprint density at radius 2 is 1.89 bits per heavy atom. The summed E-state index contributed by atoms with van der Waals surface area (Å²) in [7, 11) is 0. The average Bonchev–Trinajstić information content (AvgIpc) is 2.26. The molecule has 0 unspecified atom stereocenters. The first-order chi connectivity index (χ1) is 8.20. The van der Waals surface area contributed by atoms with Crippen LogP contribution < -0.4 is 10.6 Å². The summed E-state index contributed by atoms with van der Waals surface area (Å²) in [6.07, 6.45) is -4.47. The van der Waals surface area contributed by atoms with Crippen molar-refractivity contribution >= 4 is 50.9 Å². The number of carbonyl (C=O) groups is 1. The minimum Gasteiger partial charge on any atom is -0.329 e. The van der Waals surface area contributed by atoms with Crippen LogP contribution in [0.4, 0.5) is 23.7 Å². The van der Waals surface area contributed by atoms with E-state index in [1.165, 1.54) is 12.1 Å². The number of benzene rings is 1. The first kappa shape index (κ1) is 15.4. The summed E-state index contributed by atoms with van der Waals surface area (Å²) in [5, 5.41) is 4.00. The number of anilines is 1. The van der Waals surface area contributed by atoms with Crippen molar-refractivity contribution in [2.24, 2.45) is 0 Å². The van der Waals surface area contributed by atoms with Gasteiger partial charge in [-0.15, -0.1) is 0 Å². The predicted molar refractivity (Wildman–Crippen MR) is 67.2 cm³/mol. The van der Waals surface area contributed by atoms with E-state index >= 15 is 0 Å². The fourth-order valence-corrected chi connectivity index (χ4v) is 1.79. The number of carbonyl (C=O) groups excluding carboxylic acids is 1. The molecular weight excluding hydrogens is 360 g/mol. The fourth-order valence-electron chi connectivity index (χ4n) is 0.969. The van der Waals surface area contributed by atoms with Crippen LogP contribution in [0.3, 0.4) is 0 Å². The number of amides is 2. The third-order valence-electron chi connectivity index (χ3n) is 1.73. The molecule has 0 aromatic heterocycles. The van der Waals surface area contributed by atoms with Gasteiger partial charge in [-0.2, -0.15) is 13.2 Å². The second kappa shape index (κ2) is 5.99. The zero-order valence-electron chi connectivity index (χ0n) is 8.54. The largest absolute Gasteiger partial charge is 0.405 e. The monoisotopic (exact) mass is 364 g/mol. The number of urea groups is 1. The maximum Gasteiger partial charge on any atom is 0.405 e. The van der Waals surface area contributed by atoms with Gasteiger partial charge in [0, 0.05) is 4.47 Å². The van der Waals surface area contributed by atoms with E-state index in [4.69, 9.17) is 23.2 Å². The van der Waals surface area contributed by atoms with E-state index in [1.807, 2.05) is 0 Å². The number of nitrogens with one attached hydrogen (secondary N) is 2. The van der Waals surface area contributed by atoms with E-state index in [2.05, 4.69) is 21.2 Å². The third-order valence-corrected chi connectivity index (χ3v) is 3.50. The van der Waals surface area contributed by atoms with Crippen LogP contribution in [0.25, 0.3) is 0 Å². The van der Waals surface area contributed by atoms with Gasteiger partial charge in [-0.25, -0.2) is 4.79 Å². The molecule has 1 rings (SSSR count). The smallest absolute Gasteiger partial charge is 0.329 e. The average molecular weight is 366 g/mol. The van der Waals surface area contributed by atoms with Crippen molar-refractivity contribution < 1.29 is 18.0 Å². The highest BCUT2D eigenvalue weighted by Crippen LogP contribution is 2.35. The molecule has 1 aromatic rings. The zero-order valence-corrected chi connectivity index (χ0v) is 11.6. The van der Waals surface area contributed by atoms with Crippen LogP contribution in [-0.4, -0.2) is 18.8 Å².